The van der Waals surface area contributed by atoms with Gasteiger partial charge in [0.15, 0.2) is 0 Å². The monoisotopic (exact) mass is 428 g/mol. The summed E-state index contributed by atoms with van der Waals surface area (Å²) in [5, 5.41) is 2.19. The number of amides is 4. The zero-order chi connectivity index (χ0) is 22.6. The molecule has 1 spiro atoms. The molecule has 0 aromatic carbocycles. The molecule has 0 bridgehead atoms. The third kappa shape index (κ3) is 3.77. The minimum Gasteiger partial charge on any atom is -0.456 e. The zero-order valence-corrected chi connectivity index (χ0v) is 17.6. The number of carbonyl (C=O) groups excluding carboxylic acids is 5. The van der Waals surface area contributed by atoms with Crippen molar-refractivity contribution in [2.45, 2.75) is 51.7 Å². The molecule has 3 saturated heterocycles. The van der Waals surface area contributed by atoms with Crippen molar-refractivity contribution < 1.29 is 28.7 Å². The van der Waals surface area contributed by atoms with Crippen molar-refractivity contribution in [3.63, 3.8) is 0 Å². The molecule has 0 aliphatic carbocycles. The summed E-state index contributed by atoms with van der Waals surface area (Å²) in [5.74, 6) is -1.67. The second-order valence-corrected chi connectivity index (χ2v) is 9.26. The van der Waals surface area contributed by atoms with Gasteiger partial charge in [0.2, 0.25) is 23.6 Å². The van der Waals surface area contributed by atoms with Gasteiger partial charge in [-0.15, -0.1) is 0 Å². The van der Waals surface area contributed by atoms with Crippen LogP contribution in [0.2, 0.25) is 0 Å². The highest BCUT2D eigenvalue weighted by Gasteiger charge is 2.60. The summed E-state index contributed by atoms with van der Waals surface area (Å²) in [7, 11) is 0. The van der Waals surface area contributed by atoms with Crippen molar-refractivity contribution in [3.8, 4) is 0 Å². The Kier molecular flexibility index (Phi) is 4.83. The number of anilines is 1. The lowest BCUT2D eigenvalue weighted by atomic mass is 9.78. The average Bonchev–Trinajstić information content (AvgIpc) is 2.90. The second kappa shape index (κ2) is 7.14. The van der Waals surface area contributed by atoms with Crippen LogP contribution in [0.15, 0.2) is 18.3 Å². The first-order valence-corrected chi connectivity index (χ1v) is 10.1. The van der Waals surface area contributed by atoms with Crippen LogP contribution in [-0.2, 0) is 23.9 Å². The first-order valence-electron chi connectivity index (χ1n) is 10.1. The fourth-order valence-electron chi connectivity index (χ4n) is 4.19. The molecular weight excluding hydrogens is 404 g/mol. The van der Waals surface area contributed by atoms with Crippen molar-refractivity contribution in [1.29, 1.82) is 0 Å². The summed E-state index contributed by atoms with van der Waals surface area (Å²) in [5.41, 5.74) is -1.17. The zero-order valence-electron chi connectivity index (χ0n) is 17.6. The molecule has 31 heavy (non-hydrogen) atoms. The minimum absolute atomic E-state index is 0.0239. The molecular formula is C21H24N4O6. The van der Waals surface area contributed by atoms with Crippen LogP contribution in [0, 0.1) is 5.41 Å². The smallest absolute Gasteiger partial charge is 0.340 e. The summed E-state index contributed by atoms with van der Waals surface area (Å²) in [6, 6.07) is 2.35. The van der Waals surface area contributed by atoms with Gasteiger partial charge < -0.3 is 9.64 Å². The number of nitrogens with one attached hydrogen (secondary N) is 1. The van der Waals surface area contributed by atoms with E-state index in [9.17, 15) is 24.0 Å². The Balaban J connectivity index is 1.42. The molecule has 10 nitrogen and oxygen atoms in total. The van der Waals surface area contributed by atoms with E-state index in [1.54, 1.807) is 32.9 Å². The number of imide groups is 2. The van der Waals surface area contributed by atoms with E-state index in [0.29, 0.717) is 24.5 Å². The van der Waals surface area contributed by atoms with Gasteiger partial charge >= 0.3 is 5.97 Å². The molecule has 10 heteroatoms. The minimum atomic E-state index is -0.933. The maximum atomic E-state index is 13.0. The van der Waals surface area contributed by atoms with Gasteiger partial charge in [-0.25, -0.2) is 9.78 Å². The van der Waals surface area contributed by atoms with Gasteiger partial charge in [0.05, 0.1) is 11.0 Å². The van der Waals surface area contributed by atoms with Gasteiger partial charge in [0.25, 0.3) is 0 Å². The Hall–Kier alpha value is -3.30. The summed E-state index contributed by atoms with van der Waals surface area (Å²) >= 11 is 0. The number of pyridine rings is 1. The first-order chi connectivity index (χ1) is 14.5. The highest BCUT2D eigenvalue weighted by molar-refractivity contribution is 6.12. The van der Waals surface area contributed by atoms with Gasteiger partial charge in [0.1, 0.15) is 17.5 Å². The predicted molar refractivity (Wildman–Crippen MR) is 107 cm³/mol. The second-order valence-electron chi connectivity index (χ2n) is 9.26. The number of hydrogen-bond acceptors (Lipinski definition) is 8. The molecule has 1 unspecified atom stereocenters. The van der Waals surface area contributed by atoms with E-state index in [4.69, 9.17) is 4.74 Å². The van der Waals surface area contributed by atoms with Crippen LogP contribution in [0.5, 0.6) is 0 Å². The lowest BCUT2D eigenvalue weighted by Crippen LogP contribution is -2.62. The third-order valence-corrected chi connectivity index (χ3v) is 5.65. The Labute approximate surface area is 178 Å². The number of ether oxygens (including phenoxy) is 1. The number of piperidine rings is 1. The molecule has 0 saturated carbocycles. The normalized spacial score (nSPS) is 23.1. The van der Waals surface area contributed by atoms with Crippen molar-refractivity contribution in [3.05, 3.63) is 23.9 Å². The Morgan fingerprint density at radius 1 is 1.19 bits per heavy atom. The Bertz CT molecular complexity index is 975. The number of hydrogen-bond donors (Lipinski definition) is 1. The van der Waals surface area contributed by atoms with E-state index < -0.39 is 40.7 Å². The number of rotatable bonds is 3. The number of likely N-dealkylation sites (tertiary alicyclic amines) is 1. The maximum absolute atomic E-state index is 13.0. The Morgan fingerprint density at radius 3 is 2.48 bits per heavy atom. The number of esters is 1. The van der Waals surface area contributed by atoms with Gasteiger partial charge in [-0.05, 0) is 39.3 Å². The largest absolute Gasteiger partial charge is 0.456 e. The molecule has 4 heterocycles. The molecule has 1 aromatic heterocycles. The molecule has 0 radical (unpaired) electrons. The average molecular weight is 428 g/mol. The summed E-state index contributed by atoms with van der Waals surface area (Å²) < 4.78 is 5.32. The highest BCUT2D eigenvalue weighted by Crippen LogP contribution is 2.44. The molecule has 3 fully saturated rings. The quantitative estimate of drug-likeness (QED) is 0.542. The standard InChI is InChI=1S/C21H24N4O6/c1-20(2,3)31-18(29)12-4-6-14(22-9-12)24-10-21(11-24)8-16(27)25(19(21)30)13-5-7-15(26)23-17(13)28/h4,6,9,13H,5,7-8,10-11H2,1-3H3,(H,23,26,28). The summed E-state index contributed by atoms with van der Waals surface area (Å²) in [6.45, 7) is 5.93. The van der Waals surface area contributed by atoms with E-state index in [1.165, 1.54) is 6.20 Å². The molecule has 3 aliphatic rings. The lowest BCUT2D eigenvalue weighted by Gasteiger charge is -2.46. The van der Waals surface area contributed by atoms with Crippen molar-refractivity contribution in [1.82, 2.24) is 15.2 Å². The lowest BCUT2D eigenvalue weighted by molar-refractivity contribution is -0.152. The Morgan fingerprint density at radius 2 is 1.90 bits per heavy atom. The fraction of sp³-hybridized carbons (Fsp3) is 0.524. The molecule has 164 valence electrons. The third-order valence-electron chi connectivity index (χ3n) is 5.65. The molecule has 1 N–H and O–H groups in total. The maximum Gasteiger partial charge on any atom is 0.340 e. The van der Waals surface area contributed by atoms with Crippen LogP contribution in [0.1, 0.15) is 50.4 Å². The van der Waals surface area contributed by atoms with Crippen LogP contribution in [0.25, 0.3) is 0 Å². The van der Waals surface area contributed by atoms with E-state index >= 15 is 0 Å². The van der Waals surface area contributed by atoms with E-state index in [1.807, 2.05) is 4.90 Å². The van der Waals surface area contributed by atoms with E-state index in [0.717, 1.165) is 4.90 Å². The highest BCUT2D eigenvalue weighted by atomic mass is 16.6. The van der Waals surface area contributed by atoms with Crippen molar-refractivity contribution in [2.75, 3.05) is 18.0 Å². The van der Waals surface area contributed by atoms with Gasteiger partial charge in [-0.3, -0.25) is 29.4 Å². The SMILES string of the molecule is CC(C)(C)OC(=O)c1ccc(N2CC3(CC(=O)N(C4CCC(=O)NC4=O)C3=O)C2)nc1. The first kappa shape index (κ1) is 21.0. The van der Waals surface area contributed by atoms with Crippen LogP contribution in [0.4, 0.5) is 5.82 Å². The number of nitrogens with zero attached hydrogens (tertiary/aromatic N) is 3. The fourth-order valence-corrected chi connectivity index (χ4v) is 4.19. The van der Waals surface area contributed by atoms with Crippen molar-refractivity contribution >= 4 is 35.4 Å². The van der Waals surface area contributed by atoms with E-state index in [-0.39, 0.29) is 25.2 Å². The molecule has 4 amide bonds. The van der Waals surface area contributed by atoms with Gasteiger partial charge in [-0.2, -0.15) is 0 Å². The van der Waals surface area contributed by atoms with Crippen LogP contribution in [-0.4, -0.2) is 64.2 Å². The van der Waals surface area contributed by atoms with Crippen LogP contribution < -0.4 is 10.2 Å². The summed E-state index contributed by atoms with van der Waals surface area (Å²) in [4.78, 5) is 68.4. The summed E-state index contributed by atoms with van der Waals surface area (Å²) in [6.07, 6.45) is 1.69. The van der Waals surface area contributed by atoms with E-state index in [2.05, 4.69) is 10.3 Å². The predicted octanol–water partition coefficient (Wildman–Crippen LogP) is 0.407. The molecule has 4 rings (SSSR count). The van der Waals surface area contributed by atoms with Crippen molar-refractivity contribution in [2.24, 2.45) is 5.41 Å². The molecule has 1 atom stereocenters. The van der Waals surface area contributed by atoms with Gasteiger partial charge in [-0.1, -0.05) is 0 Å². The van der Waals surface area contributed by atoms with Gasteiger partial charge in [0, 0.05) is 32.1 Å². The van der Waals surface area contributed by atoms with Crippen LogP contribution in [0.3, 0.4) is 0 Å². The number of aromatic nitrogens is 1. The molecule has 3 aliphatic heterocycles. The number of carbonyl (C=O) groups is 5. The topological polar surface area (TPSA) is 126 Å². The molecule has 1 aromatic rings. The van der Waals surface area contributed by atoms with Crippen LogP contribution >= 0.6 is 0 Å².